The predicted molar refractivity (Wildman–Crippen MR) is 139 cm³/mol. The molecule has 34 heavy (non-hydrogen) atoms. The number of carbonyl (C=O) groups is 1. The Morgan fingerprint density at radius 3 is 2.15 bits per heavy atom. The molecule has 172 valence electrons. The summed E-state index contributed by atoms with van der Waals surface area (Å²) in [6.07, 6.45) is 2.21. The van der Waals surface area contributed by atoms with E-state index in [9.17, 15) is 4.79 Å². The van der Waals surface area contributed by atoms with E-state index in [2.05, 4.69) is 45.0 Å². The van der Waals surface area contributed by atoms with Crippen LogP contribution in [0.5, 0.6) is 0 Å². The van der Waals surface area contributed by atoms with Gasteiger partial charge in [-0.3, -0.25) is 4.79 Å². The van der Waals surface area contributed by atoms with Crippen molar-refractivity contribution < 1.29 is 4.79 Å². The number of amides is 1. The van der Waals surface area contributed by atoms with E-state index in [0.717, 1.165) is 35.6 Å². The van der Waals surface area contributed by atoms with Crippen molar-refractivity contribution in [1.82, 2.24) is 9.97 Å². The van der Waals surface area contributed by atoms with Crippen LogP contribution in [0, 0.1) is 13.8 Å². The number of hydrogen-bond acceptors (Lipinski definition) is 5. The maximum Gasteiger partial charge on any atom is 0.229 e. The maximum atomic E-state index is 12.3. The van der Waals surface area contributed by atoms with E-state index in [1.807, 2.05) is 79.7 Å². The second-order valence-electron chi connectivity index (χ2n) is 8.30. The fourth-order valence-corrected chi connectivity index (χ4v) is 3.56. The topological polar surface area (TPSA) is 78.9 Å². The average molecular weight is 452 g/mol. The van der Waals surface area contributed by atoms with Gasteiger partial charge < -0.3 is 16.0 Å². The minimum atomic E-state index is 0.0230. The first-order valence-corrected chi connectivity index (χ1v) is 11.4. The van der Waals surface area contributed by atoms with Crippen LogP contribution in [0.1, 0.15) is 29.7 Å². The Bertz CT molecular complexity index is 1220. The molecule has 0 fully saturated rings. The summed E-state index contributed by atoms with van der Waals surface area (Å²) in [6, 6.07) is 27.8. The van der Waals surface area contributed by atoms with E-state index in [1.165, 1.54) is 11.1 Å². The zero-order valence-corrected chi connectivity index (χ0v) is 19.5. The fourth-order valence-electron chi connectivity index (χ4n) is 3.56. The molecule has 1 heterocycles. The van der Waals surface area contributed by atoms with Crippen molar-refractivity contribution >= 4 is 34.7 Å². The van der Waals surface area contributed by atoms with Gasteiger partial charge in [0.1, 0.15) is 5.82 Å². The van der Waals surface area contributed by atoms with Gasteiger partial charge in [-0.05, 0) is 68.7 Å². The van der Waals surface area contributed by atoms with Crippen LogP contribution in [0.2, 0.25) is 0 Å². The highest BCUT2D eigenvalue weighted by atomic mass is 16.1. The van der Waals surface area contributed by atoms with Crippen molar-refractivity contribution in [3.63, 3.8) is 0 Å². The van der Waals surface area contributed by atoms with Crippen LogP contribution in [-0.2, 0) is 11.2 Å². The van der Waals surface area contributed by atoms with Crippen molar-refractivity contribution in [1.29, 1.82) is 0 Å². The van der Waals surface area contributed by atoms with Gasteiger partial charge in [0, 0.05) is 35.2 Å². The lowest BCUT2D eigenvalue weighted by atomic mass is 10.1. The molecule has 0 saturated heterocycles. The van der Waals surface area contributed by atoms with Gasteiger partial charge in [-0.2, -0.15) is 4.98 Å². The minimum Gasteiger partial charge on any atom is -0.340 e. The highest BCUT2D eigenvalue weighted by Gasteiger charge is 2.06. The highest BCUT2D eigenvalue weighted by Crippen LogP contribution is 2.21. The van der Waals surface area contributed by atoms with Crippen molar-refractivity contribution in [2.75, 3.05) is 16.0 Å². The molecule has 0 spiro atoms. The van der Waals surface area contributed by atoms with E-state index in [-0.39, 0.29) is 5.91 Å². The monoisotopic (exact) mass is 451 g/mol. The van der Waals surface area contributed by atoms with Crippen LogP contribution in [0.25, 0.3) is 0 Å². The van der Waals surface area contributed by atoms with Crippen LogP contribution in [0.3, 0.4) is 0 Å². The summed E-state index contributed by atoms with van der Waals surface area (Å²) >= 11 is 0. The quantitative estimate of drug-likeness (QED) is 0.269. The number of rotatable bonds is 9. The summed E-state index contributed by atoms with van der Waals surface area (Å²) in [5.74, 6) is 1.25. The number of aryl methyl sites for hydroxylation is 3. The molecule has 6 nitrogen and oxygen atoms in total. The molecule has 3 N–H and O–H groups in total. The molecule has 1 amide bonds. The van der Waals surface area contributed by atoms with Gasteiger partial charge in [-0.1, -0.05) is 48.0 Å². The first kappa shape index (κ1) is 23.0. The Morgan fingerprint density at radius 1 is 0.765 bits per heavy atom. The summed E-state index contributed by atoms with van der Waals surface area (Å²) in [5, 5.41) is 9.52. The standard InChI is InChI=1S/C28H29N5O/c1-20-11-13-25(14-12-20)32-28-29-21(2)19-26(33-28)30-23-15-17-24(18-16-23)31-27(34)10-6-9-22-7-4-3-5-8-22/h3-5,7-8,11-19H,6,9-10H2,1-2H3,(H,31,34)(H2,29,30,32,33). The van der Waals surface area contributed by atoms with Gasteiger partial charge in [-0.15, -0.1) is 0 Å². The minimum absolute atomic E-state index is 0.0230. The number of hydrogen-bond donors (Lipinski definition) is 3. The van der Waals surface area contributed by atoms with Crippen LogP contribution in [0.15, 0.2) is 84.9 Å². The second kappa shape index (κ2) is 11.1. The predicted octanol–water partition coefficient (Wildman–Crippen LogP) is 6.54. The third kappa shape index (κ3) is 6.90. The molecule has 0 aliphatic carbocycles. The lowest BCUT2D eigenvalue weighted by Crippen LogP contribution is -2.11. The lowest BCUT2D eigenvalue weighted by molar-refractivity contribution is -0.116. The number of benzene rings is 3. The molecule has 4 rings (SSSR count). The van der Waals surface area contributed by atoms with Crippen LogP contribution >= 0.6 is 0 Å². The molecule has 0 atom stereocenters. The SMILES string of the molecule is Cc1ccc(Nc2nc(C)cc(Nc3ccc(NC(=O)CCCc4ccccc4)cc3)n2)cc1. The molecule has 0 unspecified atom stereocenters. The summed E-state index contributed by atoms with van der Waals surface area (Å²) in [4.78, 5) is 21.3. The van der Waals surface area contributed by atoms with E-state index >= 15 is 0 Å². The largest absolute Gasteiger partial charge is 0.340 e. The number of nitrogens with one attached hydrogen (secondary N) is 3. The summed E-state index contributed by atoms with van der Waals surface area (Å²) in [7, 11) is 0. The number of carbonyl (C=O) groups excluding carboxylic acids is 1. The highest BCUT2D eigenvalue weighted by molar-refractivity contribution is 5.90. The zero-order chi connectivity index (χ0) is 23.8. The van der Waals surface area contributed by atoms with Crippen molar-refractivity contribution in [2.45, 2.75) is 33.1 Å². The van der Waals surface area contributed by atoms with Gasteiger partial charge in [0.25, 0.3) is 0 Å². The van der Waals surface area contributed by atoms with Gasteiger partial charge in [0.05, 0.1) is 0 Å². The molecule has 1 aromatic heterocycles. The van der Waals surface area contributed by atoms with Gasteiger partial charge in [0.2, 0.25) is 11.9 Å². The maximum absolute atomic E-state index is 12.3. The molecule has 0 bridgehead atoms. The number of nitrogens with zero attached hydrogens (tertiary/aromatic N) is 2. The molecule has 0 radical (unpaired) electrons. The second-order valence-corrected chi connectivity index (χ2v) is 8.30. The lowest BCUT2D eigenvalue weighted by Gasteiger charge is -2.11. The molecule has 6 heteroatoms. The van der Waals surface area contributed by atoms with Gasteiger partial charge in [0.15, 0.2) is 0 Å². The Balaban J connectivity index is 1.31. The number of aromatic nitrogens is 2. The normalized spacial score (nSPS) is 10.5. The van der Waals surface area contributed by atoms with E-state index in [4.69, 9.17) is 0 Å². The summed E-state index contributed by atoms with van der Waals surface area (Å²) in [6.45, 7) is 3.99. The van der Waals surface area contributed by atoms with Crippen LogP contribution < -0.4 is 16.0 Å². The Morgan fingerprint density at radius 2 is 1.41 bits per heavy atom. The molecule has 0 aliphatic heterocycles. The Labute approximate surface area is 200 Å². The van der Waals surface area contributed by atoms with Crippen molar-refractivity contribution in [2.24, 2.45) is 0 Å². The molecule has 0 aliphatic rings. The first-order valence-electron chi connectivity index (χ1n) is 11.4. The van der Waals surface area contributed by atoms with Crippen molar-refractivity contribution in [3.8, 4) is 0 Å². The summed E-state index contributed by atoms with van der Waals surface area (Å²) < 4.78 is 0. The van der Waals surface area contributed by atoms with Crippen LogP contribution in [0.4, 0.5) is 28.8 Å². The Kier molecular flexibility index (Phi) is 7.50. The molecular formula is C28H29N5O. The molecule has 3 aromatic carbocycles. The third-order valence-electron chi connectivity index (χ3n) is 5.32. The fraction of sp³-hybridized carbons (Fsp3) is 0.179. The van der Waals surface area contributed by atoms with E-state index in [1.54, 1.807) is 0 Å². The zero-order valence-electron chi connectivity index (χ0n) is 19.5. The van der Waals surface area contributed by atoms with Gasteiger partial charge >= 0.3 is 0 Å². The van der Waals surface area contributed by atoms with E-state index < -0.39 is 0 Å². The smallest absolute Gasteiger partial charge is 0.229 e. The third-order valence-corrected chi connectivity index (χ3v) is 5.32. The molecular weight excluding hydrogens is 422 g/mol. The van der Waals surface area contributed by atoms with Crippen LogP contribution in [-0.4, -0.2) is 15.9 Å². The van der Waals surface area contributed by atoms with E-state index in [0.29, 0.717) is 18.2 Å². The molecule has 0 saturated carbocycles. The number of anilines is 5. The summed E-state index contributed by atoms with van der Waals surface area (Å²) in [5.41, 5.74) is 5.89. The first-order chi connectivity index (χ1) is 16.5. The van der Waals surface area contributed by atoms with Crippen molar-refractivity contribution in [3.05, 3.63) is 102 Å². The van der Waals surface area contributed by atoms with Gasteiger partial charge in [-0.25, -0.2) is 4.98 Å². The average Bonchev–Trinajstić information content (AvgIpc) is 2.82. The Hall–Kier alpha value is -4.19. The molecule has 4 aromatic rings.